The Labute approximate surface area is 533 Å². The van der Waals surface area contributed by atoms with Gasteiger partial charge in [0.2, 0.25) is 5.91 Å². The lowest BCUT2D eigenvalue weighted by atomic mass is 10.0. The number of ether oxygens (including phenoxy) is 2. The number of urea groups is 3. The first-order chi connectivity index (χ1) is 42.9. The molecule has 0 saturated carbocycles. The molecule has 0 atom stereocenters. The zero-order valence-corrected chi connectivity index (χ0v) is 53.8. The summed E-state index contributed by atoms with van der Waals surface area (Å²) in [7, 11) is 1.61. The predicted molar refractivity (Wildman–Crippen MR) is 351 cm³/mol. The van der Waals surface area contributed by atoms with Crippen LogP contribution in [0.5, 0.6) is 11.5 Å². The Kier molecular flexibility index (Phi) is 24.5. The molecule has 0 spiro atoms. The van der Waals surface area contributed by atoms with Crippen LogP contribution in [0.25, 0.3) is 0 Å². The molecule has 3 N–H and O–H groups in total. The first kappa shape index (κ1) is 66.6. The van der Waals surface area contributed by atoms with Gasteiger partial charge in [0.25, 0.3) is 0 Å². The highest BCUT2D eigenvalue weighted by atomic mass is 35.5. The smallest absolute Gasteiger partial charge is 0.322 e. The maximum absolute atomic E-state index is 13.4. The van der Waals surface area contributed by atoms with Gasteiger partial charge in [-0.25, -0.2) is 14.4 Å². The van der Waals surface area contributed by atoms with Crippen LogP contribution in [0.4, 0.5) is 31.4 Å². The first-order valence-electron chi connectivity index (χ1n) is 30.5. The number of hydrogen-bond acceptors (Lipinski definition) is 11. The van der Waals surface area contributed by atoms with Gasteiger partial charge in [-0.2, -0.15) is 0 Å². The highest BCUT2D eigenvalue weighted by Crippen LogP contribution is 2.31. The molecule has 6 heterocycles. The van der Waals surface area contributed by atoms with Gasteiger partial charge >= 0.3 is 18.1 Å². The molecule has 0 unspecified atom stereocenters. The van der Waals surface area contributed by atoms with Crippen LogP contribution in [0.1, 0.15) is 99.4 Å². The Balaban J connectivity index is 0.000000173. The third-order valence-corrected chi connectivity index (χ3v) is 16.7. The second kappa shape index (κ2) is 32.8. The number of carbonyl (C=O) groups excluding carboxylic acids is 4. The Morgan fingerprint density at radius 1 is 0.539 bits per heavy atom. The van der Waals surface area contributed by atoms with Crippen molar-refractivity contribution in [2.24, 2.45) is 0 Å². The molecule has 4 aromatic carbocycles. The van der Waals surface area contributed by atoms with E-state index in [0.717, 1.165) is 92.9 Å². The van der Waals surface area contributed by atoms with Crippen LogP contribution in [0, 0.1) is 20.8 Å². The summed E-state index contributed by atoms with van der Waals surface area (Å²) in [5, 5.41) is 9.85. The number of piperidine rings is 3. The van der Waals surface area contributed by atoms with E-state index in [0.29, 0.717) is 96.5 Å². The molecule has 3 aliphatic rings. The van der Waals surface area contributed by atoms with Crippen LogP contribution in [0.3, 0.4) is 0 Å². The number of methoxy groups -OCH3 is 1. The summed E-state index contributed by atoms with van der Waals surface area (Å²) in [6.45, 7) is 22.9. The number of furan rings is 3. The van der Waals surface area contributed by atoms with Crippen molar-refractivity contribution in [1.29, 1.82) is 0 Å². The minimum absolute atomic E-state index is 0.0148. The van der Waals surface area contributed by atoms with Gasteiger partial charge in [0.05, 0.1) is 55.4 Å². The molecule has 0 bridgehead atoms. The normalized spacial score (nSPS) is 14.7. The lowest BCUT2D eigenvalue weighted by Crippen LogP contribution is -2.49. The van der Waals surface area contributed by atoms with Crippen molar-refractivity contribution in [2.75, 3.05) is 68.9 Å². The van der Waals surface area contributed by atoms with Gasteiger partial charge in [-0.1, -0.05) is 84.4 Å². The molecule has 3 aliphatic heterocycles. The molecule has 20 heteroatoms. The Morgan fingerprint density at radius 2 is 0.955 bits per heavy atom. The summed E-state index contributed by atoms with van der Waals surface area (Å²) >= 11 is 12.2. The topological polar surface area (TPSA) is 182 Å². The number of para-hydroxylation sites is 4. The molecule has 18 nitrogen and oxygen atoms in total. The number of rotatable bonds is 18. The maximum atomic E-state index is 13.4. The molecule has 474 valence electrons. The van der Waals surface area contributed by atoms with Gasteiger partial charge in [0.1, 0.15) is 46.1 Å². The molecule has 7 aromatic rings. The lowest BCUT2D eigenvalue weighted by Gasteiger charge is -2.39. The number of nitrogens with zero attached hydrogens (tertiary/aromatic N) is 6. The second-order valence-corrected chi connectivity index (χ2v) is 23.5. The SMILES string of the molecule is C=C(C)N1CCC(N(Cc2ccc(C)o2)C(=O)Nc2ccccc2OCC)CC1.CC(=O)N1CCC(N(Cc2ccc(C)o2)C(=O)Nc2cc(Cl)ccc2Cl)CC1.COc1ccccc1NC(=O)N(Cc1ccc(C)o1)C1CCN(Cc2ccccc2)CC1. The lowest BCUT2D eigenvalue weighted by molar-refractivity contribution is -0.130. The van der Waals surface area contributed by atoms with E-state index in [4.69, 9.17) is 45.9 Å². The number of hydrogen-bond donors (Lipinski definition) is 3. The fourth-order valence-electron chi connectivity index (χ4n) is 11.4. The molecule has 89 heavy (non-hydrogen) atoms. The van der Waals surface area contributed by atoms with Crippen molar-refractivity contribution in [3.8, 4) is 11.5 Å². The van der Waals surface area contributed by atoms with E-state index < -0.39 is 0 Å². The molecule has 10 rings (SSSR count). The van der Waals surface area contributed by atoms with Crippen LogP contribution in [-0.4, -0.2) is 125 Å². The number of halogens is 2. The Morgan fingerprint density at radius 3 is 1.38 bits per heavy atom. The maximum Gasteiger partial charge on any atom is 0.322 e. The predicted octanol–water partition coefficient (Wildman–Crippen LogP) is 15.3. The highest BCUT2D eigenvalue weighted by molar-refractivity contribution is 6.35. The zero-order valence-electron chi connectivity index (χ0n) is 52.3. The molecule has 3 saturated heterocycles. The van der Waals surface area contributed by atoms with E-state index >= 15 is 0 Å². The van der Waals surface area contributed by atoms with E-state index in [1.807, 2.05) is 135 Å². The number of allylic oxidation sites excluding steroid dienone is 1. The van der Waals surface area contributed by atoms with Crippen LogP contribution in [-0.2, 0) is 31.0 Å². The van der Waals surface area contributed by atoms with E-state index in [1.165, 1.54) is 5.56 Å². The van der Waals surface area contributed by atoms with Gasteiger partial charge < -0.3 is 63.2 Å². The van der Waals surface area contributed by atoms with E-state index in [1.54, 1.807) is 42.0 Å². The van der Waals surface area contributed by atoms with E-state index in [-0.39, 0.29) is 42.1 Å². The van der Waals surface area contributed by atoms with Crippen LogP contribution >= 0.6 is 23.2 Å². The Bertz CT molecular complexity index is 3420. The molecule has 3 fully saturated rings. The van der Waals surface area contributed by atoms with Gasteiger partial charge in [0, 0.05) is 81.6 Å². The van der Waals surface area contributed by atoms with Crippen LogP contribution in [0.15, 0.2) is 159 Å². The molecule has 0 radical (unpaired) electrons. The fraction of sp³-hybridized carbons (Fsp3) is 0.391. The molecule has 7 amide bonds. The van der Waals surface area contributed by atoms with Gasteiger partial charge in [-0.3, -0.25) is 9.69 Å². The van der Waals surface area contributed by atoms with Gasteiger partial charge in [-0.15, -0.1) is 0 Å². The summed E-state index contributed by atoms with van der Waals surface area (Å²) in [5.41, 5.74) is 4.21. The van der Waals surface area contributed by atoms with Crippen molar-refractivity contribution < 1.29 is 41.9 Å². The number of amides is 7. The van der Waals surface area contributed by atoms with Crippen molar-refractivity contribution in [3.05, 3.63) is 196 Å². The largest absolute Gasteiger partial charge is 0.495 e. The van der Waals surface area contributed by atoms with Gasteiger partial charge in [0.15, 0.2) is 0 Å². The minimum Gasteiger partial charge on any atom is -0.495 e. The number of carbonyl (C=O) groups is 4. The summed E-state index contributed by atoms with van der Waals surface area (Å²) in [6.07, 6.45) is 5.05. The highest BCUT2D eigenvalue weighted by Gasteiger charge is 2.33. The van der Waals surface area contributed by atoms with Crippen molar-refractivity contribution in [2.45, 2.75) is 124 Å². The summed E-state index contributed by atoms with van der Waals surface area (Å²) < 4.78 is 28.3. The minimum atomic E-state index is -0.278. The number of aryl methyl sites for hydroxylation is 3. The van der Waals surface area contributed by atoms with Gasteiger partial charge in [-0.05, 0) is 158 Å². The quantitative estimate of drug-likeness (QED) is 0.0744. The summed E-state index contributed by atoms with van der Waals surface area (Å²) in [4.78, 5) is 63.4. The van der Waals surface area contributed by atoms with Crippen molar-refractivity contribution in [1.82, 2.24) is 29.4 Å². The van der Waals surface area contributed by atoms with Crippen LogP contribution < -0.4 is 25.4 Å². The number of likely N-dealkylation sites (tertiary alicyclic amines) is 3. The standard InChI is InChI=1S/C26H31N3O3.C23H31N3O3.C20H23Cl2N3O3/c1-20-12-13-23(32-20)19-29(26(30)27-24-10-6-7-11-25(24)31-2)22-14-16-28(17-15-22)18-21-8-4-3-5-9-21;1-5-28-22-9-7-6-8-21(22)24-23(27)26(16-20-11-10-18(4)29-20)19-12-14-25(15-13-19)17(2)3;1-13-3-5-17(28-13)12-25(16-7-9-24(10-8-16)14(2)26)20(27)23-19-11-15(21)4-6-18(19)22/h3-13,22H,14-19H2,1-2H3,(H,27,30);6-11,19H,2,5,12-16H2,1,3-4H3,(H,24,27);3-6,11,16H,7-10,12H2,1-2H3,(H,23,27). The average molecular weight is 1260 g/mol. The molecular formula is C69H85Cl2N9O9. The Hall–Kier alpha value is -8.32. The third kappa shape index (κ3) is 19.6. The van der Waals surface area contributed by atoms with Crippen molar-refractivity contribution in [3.63, 3.8) is 0 Å². The fourth-order valence-corrected chi connectivity index (χ4v) is 11.7. The monoisotopic (exact) mass is 1250 g/mol. The number of benzene rings is 4. The van der Waals surface area contributed by atoms with Crippen LogP contribution in [0.2, 0.25) is 10.0 Å². The van der Waals surface area contributed by atoms with E-state index in [9.17, 15) is 19.2 Å². The van der Waals surface area contributed by atoms with E-state index in [2.05, 4.69) is 56.6 Å². The first-order valence-corrected chi connectivity index (χ1v) is 31.3. The molecule has 3 aromatic heterocycles. The average Bonchev–Trinajstić information content (AvgIpc) is 3.59. The zero-order chi connectivity index (χ0) is 63.4. The molecule has 0 aliphatic carbocycles. The number of nitrogens with one attached hydrogen (secondary N) is 3. The molecular weight excluding hydrogens is 1170 g/mol. The third-order valence-electron chi connectivity index (χ3n) is 16.1. The number of anilines is 3. The van der Waals surface area contributed by atoms with Crippen molar-refractivity contribution >= 4 is 64.3 Å². The summed E-state index contributed by atoms with van der Waals surface area (Å²) in [6, 6.07) is 41.7. The summed E-state index contributed by atoms with van der Waals surface area (Å²) in [5.74, 6) is 6.16. The second-order valence-electron chi connectivity index (χ2n) is 22.6.